The Labute approximate surface area is 229 Å². The van der Waals surface area contributed by atoms with Gasteiger partial charge in [-0.25, -0.2) is 13.4 Å². The van der Waals surface area contributed by atoms with Gasteiger partial charge in [0.25, 0.3) is 5.91 Å². The first kappa shape index (κ1) is 27.1. The molecule has 2 aliphatic rings. The zero-order valence-electron chi connectivity index (χ0n) is 22.4. The summed E-state index contributed by atoms with van der Waals surface area (Å²) in [6.07, 6.45) is 1.77. The second-order valence-corrected chi connectivity index (χ2v) is 13.5. The number of nitrogens with one attached hydrogen (secondary N) is 1. The lowest BCUT2D eigenvalue weighted by molar-refractivity contribution is 0.0947. The minimum absolute atomic E-state index is 0.181. The summed E-state index contributed by atoms with van der Waals surface area (Å²) in [6, 6.07) is 10.6. The fourth-order valence-corrected chi connectivity index (χ4v) is 7.76. The van der Waals surface area contributed by atoms with Crippen LogP contribution >= 0.6 is 11.3 Å². The molecule has 2 aromatic carbocycles. The second kappa shape index (κ2) is 11.3. The summed E-state index contributed by atoms with van der Waals surface area (Å²) in [7, 11) is -3.51. The highest BCUT2D eigenvalue weighted by Crippen LogP contribution is 2.33. The molecule has 1 amide bonds. The molecular formula is C28H37N5O3S2. The minimum Gasteiger partial charge on any atom is -0.351 e. The molecule has 3 heterocycles. The average molecular weight is 556 g/mol. The highest BCUT2D eigenvalue weighted by atomic mass is 32.2. The number of amides is 1. The van der Waals surface area contributed by atoms with Gasteiger partial charge in [-0.3, -0.25) is 9.69 Å². The van der Waals surface area contributed by atoms with Crippen LogP contribution in [0.3, 0.4) is 0 Å². The topological polar surface area (TPSA) is 85.8 Å². The number of carbonyl (C=O) groups excluding carboxylic acids is 1. The lowest BCUT2D eigenvalue weighted by Gasteiger charge is -2.34. The standard InChI is InChI=1S/C28H37N5O3S2/c1-20-10-13-33(14-11-20)38(35,36)24-8-6-23(7-9-24)27(34)29-12-15-31-16-18-32(19-17-31)28-30-25-21(2)4-5-22(3)26(25)37-28/h4-9,20H,10-19H2,1-3H3,(H,29,34). The van der Waals surface area contributed by atoms with E-state index < -0.39 is 10.0 Å². The average Bonchev–Trinajstić information content (AvgIpc) is 3.39. The van der Waals surface area contributed by atoms with Crippen LogP contribution in [0.25, 0.3) is 10.2 Å². The first-order valence-corrected chi connectivity index (χ1v) is 15.7. The normalized spacial score (nSPS) is 18.2. The van der Waals surface area contributed by atoms with E-state index in [0.717, 1.165) is 56.2 Å². The Bertz CT molecular complexity index is 1350. The molecule has 0 aliphatic carbocycles. The van der Waals surface area contributed by atoms with Gasteiger partial charge in [0.05, 0.1) is 15.1 Å². The predicted octanol–water partition coefficient (Wildman–Crippen LogP) is 3.89. The largest absolute Gasteiger partial charge is 0.351 e. The molecule has 1 aromatic heterocycles. The Morgan fingerprint density at radius 3 is 2.29 bits per heavy atom. The monoisotopic (exact) mass is 555 g/mol. The van der Waals surface area contributed by atoms with Crippen LogP contribution < -0.4 is 10.2 Å². The van der Waals surface area contributed by atoms with E-state index >= 15 is 0 Å². The molecule has 0 spiro atoms. The number of aromatic nitrogens is 1. The number of thiazole rings is 1. The molecule has 2 fully saturated rings. The lowest BCUT2D eigenvalue weighted by Crippen LogP contribution is -2.48. The van der Waals surface area contributed by atoms with E-state index in [9.17, 15) is 13.2 Å². The summed E-state index contributed by atoms with van der Waals surface area (Å²) in [4.78, 5) is 22.5. The van der Waals surface area contributed by atoms with E-state index in [4.69, 9.17) is 4.98 Å². The number of benzene rings is 2. The summed E-state index contributed by atoms with van der Waals surface area (Å²) in [5, 5.41) is 4.07. The van der Waals surface area contributed by atoms with Gasteiger partial charge in [-0.05, 0) is 68.0 Å². The zero-order chi connectivity index (χ0) is 26.9. The Balaban J connectivity index is 1.09. The molecule has 1 N–H and O–H groups in total. The van der Waals surface area contributed by atoms with Crippen LogP contribution in [0.4, 0.5) is 5.13 Å². The third kappa shape index (κ3) is 5.73. The van der Waals surface area contributed by atoms with Crippen molar-refractivity contribution in [2.75, 3.05) is 57.3 Å². The molecule has 3 aromatic rings. The number of carbonyl (C=O) groups is 1. The number of hydrogen-bond acceptors (Lipinski definition) is 7. The summed E-state index contributed by atoms with van der Waals surface area (Å²) in [6.45, 7) is 12.5. The van der Waals surface area contributed by atoms with Crippen molar-refractivity contribution in [1.82, 2.24) is 19.5 Å². The van der Waals surface area contributed by atoms with E-state index in [2.05, 4.69) is 48.0 Å². The molecule has 0 saturated carbocycles. The number of piperazine rings is 1. The number of piperidine rings is 1. The van der Waals surface area contributed by atoms with Gasteiger partial charge in [-0.2, -0.15) is 4.31 Å². The Kier molecular flexibility index (Phi) is 8.04. The van der Waals surface area contributed by atoms with Crippen LogP contribution in [0.1, 0.15) is 41.3 Å². The molecule has 10 heteroatoms. The molecule has 0 bridgehead atoms. The van der Waals surface area contributed by atoms with Crippen LogP contribution in [0.5, 0.6) is 0 Å². The van der Waals surface area contributed by atoms with Crippen LogP contribution in [-0.2, 0) is 10.0 Å². The summed E-state index contributed by atoms with van der Waals surface area (Å²) >= 11 is 1.77. The highest BCUT2D eigenvalue weighted by Gasteiger charge is 2.28. The van der Waals surface area contributed by atoms with Crippen molar-refractivity contribution in [1.29, 1.82) is 0 Å². The quantitative estimate of drug-likeness (QED) is 0.476. The van der Waals surface area contributed by atoms with Gasteiger partial charge in [-0.1, -0.05) is 30.4 Å². The summed E-state index contributed by atoms with van der Waals surface area (Å²) in [5.41, 5.74) is 4.08. The first-order chi connectivity index (χ1) is 18.2. The Morgan fingerprint density at radius 1 is 0.974 bits per heavy atom. The van der Waals surface area contributed by atoms with Gasteiger partial charge < -0.3 is 10.2 Å². The second-order valence-electron chi connectivity index (χ2n) is 10.6. The number of anilines is 1. The smallest absolute Gasteiger partial charge is 0.251 e. The summed E-state index contributed by atoms with van der Waals surface area (Å²) < 4.78 is 28.7. The first-order valence-electron chi connectivity index (χ1n) is 13.4. The molecule has 2 aliphatic heterocycles. The maximum Gasteiger partial charge on any atom is 0.251 e. The maximum atomic E-state index is 12.9. The van der Waals surface area contributed by atoms with E-state index in [1.807, 2.05) is 0 Å². The summed E-state index contributed by atoms with van der Waals surface area (Å²) in [5.74, 6) is 0.378. The Morgan fingerprint density at radius 2 is 1.63 bits per heavy atom. The number of fused-ring (bicyclic) bond motifs is 1. The molecular weight excluding hydrogens is 518 g/mol. The minimum atomic E-state index is -3.51. The van der Waals surface area contributed by atoms with Crippen molar-refractivity contribution in [3.63, 3.8) is 0 Å². The van der Waals surface area contributed by atoms with Gasteiger partial charge in [0, 0.05) is 57.9 Å². The molecule has 0 radical (unpaired) electrons. The maximum absolute atomic E-state index is 12.9. The van der Waals surface area contributed by atoms with E-state index in [1.54, 1.807) is 39.9 Å². The van der Waals surface area contributed by atoms with Crippen molar-refractivity contribution in [2.24, 2.45) is 5.92 Å². The SMILES string of the molecule is Cc1ccc(C)c2sc(N3CCN(CCNC(=O)c4ccc(S(=O)(=O)N5CCC(C)CC5)cc4)CC3)nc12. The molecule has 204 valence electrons. The van der Waals surface area contributed by atoms with Gasteiger partial charge in [-0.15, -0.1) is 0 Å². The van der Waals surface area contributed by atoms with E-state index in [-0.39, 0.29) is 10.8 Å². The molecule has 38 heavy (non-hydrogen) atoms. The number of sulfonamides is 1. The van der Waals surface area contributed by atoms with Gasteiger partial charge in [0.15, 0.2) is 5.13 Å². The number of aryl methyl sites for hydroxylation is 2. The molecule has 5 rings (SSSR count). The lowest BCUT2D eigenvalue weighted by atomic mass is 10.0. The fraction of sp³-hybridized carbons (Fsp3) is 0.500. The van der Waals surface area contributed by atoms with Gasteiger partial charge in [0.1, 0.15) is 0 Å². The number of rotatable bonds is 7. The van der Waals surface area contributed by atoms with Crippen molar-refractivity contribution in [3.8, 4) is 0 Å². The molecule has 8 nitrogen and oxygen atoms in total. The third-order valence-electron chi connectivity index (χ3n) is 7.78. The van der Waals surface area contributed by atoms with Gasteiger partial charge in [0.2, 0.25) is 10.0 Å². The third-order valence-corrected chi connectivity index (χ3v) is 10.9. The van der Waals surface area contributed by atoms with Crippen molar-refractivity contribution in [3.05, 3.63) is 53.1 Å². The number of nitrogens with zero attached hydrogens (tertiary/aromatic N) is 4. The Hall–Kier alpha value is -2.53. The zero-order valence-corrected chi connectivity index (χ0v) is 24.1. The fourth-order valence-electron chi connectivity index (χ4n) is 5.13. The molecule has 2 saturated heterocycles. The molecule has 0 atom stereocenters. The van der Waals surface area contributed by atoms with E-state index in [1.165, 1.54) is 15.8 Å². The van der Waals surface area contributed by atoms with Gasteiger partial charge >= 0.3 is 0 Å². The van der Waals surface area contributed by atoms with Crippen molar-refractivity contribution in [2.45, 2.75) is 38.5 Å². The van der Waals surface area contributed by atoms with Crippen LogP contribution in [-0.4, -0.2) is 80.9 Å². The van der Waals surface area contributed by atoms with Crippen LogP contribution in [0.15, 0.2) is 41.3 Å². The van der Waals surface area contributed by atoms with E-state index in [0.29, 0.717) is 31.1 Å². The van der Waals surface area contributed by atoms with Crippen LogP contribution in [0, 0.1) is 19.8 Å². The highest BCUT2D eigenvalue weighted by molar-refractivity contribution is 7.89. The van der Waals surface area contributed by atoms with Crippen molar-refractivity contribution >= 4 is 42.6 Å². The van der Waals surface area contributed by atoms with Crippen LogP contribution in [0.2, 0.25) is 0 Å². The van der Waals surface area contributed by atoms with Crippen molar-refractivity contribution < 1.29 is 13.2 Å². The predicted molar refractivity (Wildman–Crippen MR) is 154 cm³/mol. The molecule has 0 unspecified atom stereocenters. The number of hydrogen-bond donors (Lipinski definition) is 1.